The van der Waals surface area contributed by atoms with Crippen LogP contribution >= 0.6 is 11.3 Å². The Hall–Kier alpha value is -1.31. The summed E-state index contributed by atoms with van der Waals surface area (Å²) in [5, 5.41) is 10.2. The van der Waals surface area contributed by atoms with E-state index in [1.165, 1.54) is 5.38 Å². The zero-order chi connectivity index (χ0) is 13.9. The zero-order valence-electron chi connectivity index (χ0n) is 9.86. The number of carboxylic acids is 1. The Bertz CT molecular complexity index is 418. The van der Waals surface area contributed by atoms with Gasteiger partial charge in [0.25, 0.3) is 0 Å². The van der Waals surface area contributed by atoms with Crippen LogP contribution in [0.15, 0.2) is 5.38 Å². The van der Waals surface area contributed by atoms with Gasteiger partial charge in [-0.2, -0.15) is 13.2 Å². The number of carboxylic acid groups (broad SMARTS) is 1. The van der Waals surface area contributed by atoms with Crippen molar-refractivity contribution >= 4 is 22.4 Å². The summed E-state index contributed by atoms with van der Waals surface area (Å²) in [6, 6.07) is -0.365. The molecule has 0 aromatic carbocycles. The van der Waals surface area contributed by atoms with E-state index in [0.717, 1.165) is 16.2 Å². The van der Waals surface area contributed by atoms with Gasteiger partial charge in [-0.25, -0.2) is 4.98 Å². The van der Waals surface area contributed by atoms with E-state index < -0.39 is 18.7 Å². The number of rotatable bonds is 5. The zero-order valence-corrected chi connectivity index (χ0v) is 10.7. The van der Waals surface area contributed by atoms with Crippen LogP contribution in [0.4, 0.5) is 18.3 Å². The third kappa shape index (κ3) is 4.52. The first-order valence-electron chi connectivity index (χ1n) is 5.18. The normalized spacial score (nSPS) is 11.9. The van der Waals surface area contributed by atoms with Crippen molar-refractivity contribution in [2.75, 3.05) is 11.4 Å². The molecule has 1 rings (SSSR count). The summed E-state index contributed by atoms with van der Waals surface area (Å²) in [6.45, 7) is 2.17. The monoisotopic (exact) mass is 282 g/mol. The summed E-state index contributed by atoms with van der Waals surface area (Å²) < 4.78 is 37.2. The molecular formula is C10H13F3N2O2S. The summed E-state index contributed by atoms with van der Waals surface area (Å²) >= 11 is 1.02. The second-order valence-electron chi connectivity index (χ2n) is 4.03. The molecule has 1 heterocycles. The maximum atomic E-state index is 12.4. The molecule has 0 atom stereocenters. The molecule has 8 heteroatoms. The number of aromatic nitrogens is 1. The Balaban J connectivity index is 2.86. The number of alkyl halides is 3. The van der Waals surface area contributed by atoms with Crippen molar-refractivity contribution < 1.29 is 23.1 Å². The highest BCUT2D eigenvalue weighted by molar-refractivity contribution is 7.13. The first kappa shape index (κ1) is 14.7. The van der Waals surface area contributed by atoms with E-state index in [0.29, 0.717) is 0 Å². The molecule has 0 aliphatic rings. The highest BCUT2D eigenvalue weighted by Gasteiger charge is 2.33. The van der Waals surface area contributed by atoms with Gasteiger partial charge in [-0.05, 0) is 13.8 Å². The molecule has 0 amide bonds. The first-order chi connectivity index (χ1) is 8.19. The molecule has 0 radical (unpaired) electrons. The van der Waals surface area contributed by atoms with E-state index in [1.54, 1.807) is 13.8 Å². The maximum Gasteiger partial charge on any atom is 0.406 e. The lowest BCUT2D eigenvalue weighted by atomic mass is 10.3. The van der Waals surface area contributed by atoms with E-state index in [4.69, 9.17) is 5.11 Å². The van der Waals surface area contributed by atoms with Crippen LogP contribution in [0.5, 0.6) is 0 Å². The smallest absolute Gasteiger partial charge is 0.406 e. The number of hydrogen-bond donors (Lipinski definition) is 1. The first-order valence-corrected chi connectivity index (χ1v) is 6.06. The topological polar surface area (TPSA) is 53.4 Å². The van der Waals surface area contributed by atoms with Gasteiger partial charge in [-0.1, -0.05) is 0 Å². The van der Waals surface area contributed by atoms with Gasteiger partial charge in [0, 0.05) is 11.4 Å². The molecule has 1 N–H and O–H groups in total. The number of anilines is 1. The highest BCUT2D eigenvalue weighted by atomic mass is 32.1. The molecule has 18 heavy (non-hydrogen) atoms. The summed E-state index contributed by atoms with van der Waals surface area (Å²) in [5.74, 6) is -1.06. The van der Waals surface area contributed by atoms with Gasteiger partial charge in [0.15, 0.2) is 5.13 Å². The quantitative estimate of drug-likeness (QED) is 0.901. The van der Waals surface area contributed by atoms with Crippen molar-refractivity contribution in [2.24, 2.45) is 0 Å². The Morgan fingerprint density at radius 3 is 2.61 bits per heavy atom. The molecular weight excluding hydrogens is 269 g/mol. The fourth-order valence-electron chi connectivity index (χ4n) is 1.33. The van der Waals surface area contributed by atoms with E-state index in [2.05, 4.69) is 4.98 Å². The second kappa shape index (κ2) is 5.55. The third-order valence-corrected chi connectivity index (χ3v) is 3.02. The van der Waals surface area contributed by atoms with Gasteiger partial charge >= 0.3 is 12.1 Å². The van der Waals surface area contributed by atoms with Crippen LogP contribution in [0.25, 0.3) is 0 Å². The van der Waals surface area contributed by atoms with E-state index in [1.807, 2.05) is 0 Å². The maximum absolute atomic E-state index is 12.4. The van der Waals surface area contributed by atoms with Gasteiger partial charge in [-0.15, -0.1) is 11.3 Å². The van der Waals surface area contributed by atoms with Gasteiger partial charge in [-0.3, -0.25) is 4.79 Å². The number of hydrogen-bond acceptors (Lipinski definition) is 4. The Morgan fingerprint density at radius 2 is 2.17 bits per heavy atom. The minimum Gasteiger partial charge on any atom is -0.481 e. The summed E-state index contributed by atoms with van der Waals surface area (Å²) in [4.78, 5) is 15.5. The molecule has 0 aliphatic heterocycles. The van der Waals surface area contributed by atoms with Crippen LogP contribution in [-0.4, -0.2) is 34.8 Å². The van der Waals surface area contributed by atoms with Gasteiger partial charge in [0.1, 0.15) is 6.54 Å². The van der Waals surface area contributed by atoms with Crippen LogP contribution < -0.4 is 4.90 Å². The predicted molar refractivity (Wildman–Crippen MR) is 62.0 cm³/mol. The second-order valence-corrected chi connectivity index (χ2v) is 4.87. The Labute approximate surface area is 106 Å². The average Bonchev–Trinajstić information content (AvgIpc) is 2.59. The molecule has 0 bridgehead atoms. The fraction of sp³-hybridized carbons (Fsp3) is 0.600. The van der Waals surface area contributed by atoms with Gasteiger partial charge < -0.3 is 10.0 Å². The molecule has 0 saturated heterocycles. The van der Waals surface area contributed by atoms with Crippen LogP contribution in [0, 0.1) is 0 Å². The van der Waals surface area contributed by atoms with Gasteiger partial charge in [0.2, 0.25) is 0 Å². The van der Waals surface area contributed by atoms with Gasteiger partial charge in [0.05, 0.1) is 12.1 Å². The van der Waals surface area contributed by atoms with Crippen molar-refractivity contribution in [1.29, 1.82) is 0 Å². The number of aliphatic carboxylic acids is 1. The third-order valence-electron chi connectivity index (χ3n) is 2.09. The molecule has 0 aliphatic carbocycles. The predicted octanol–water partition coefficient (Wildman–Crippen LogP) is 2.55. The lowest BCUT2D eigenvalue weighted by molar-refractivity contribution is -0.136. The number of nitrogens with zero attached hydrogens (tertiary/aromatic N) is 2. The average molecular weight is 282 g/mol. The van der Waals surface area contributed by atoms with Crippen LogP contribution in [-0.2, 0) is 11.2 Å². The molecule has 0 saturated carbocycles. The van der Waals surface area contributed by atoms with Crippen molar-refractivity contribution in [2.45, 2.75) is 32.5 Å². The molecule has 102 valence electrons. The van der Waals surface area contributed by atoms with Crippen LogP contribution in [0.2, 0.25) is 0 Å². The van der Waals surface area contributed by atoms with Crippen LogP contribution in [0.3, 0.4) is 0 Å². The lowest BCUT2D eigenvalue weighted by Gasteiger charge is -2.27. The number of halogens is 3. The number of carbonyl (C=O) groups is 1. The molecule has 1 aromatic rings. The van der Waals surface area contributed by atoms with Crippen molar-refractivity contribution in [3.63, 3.8) is 0 Å². The van der Waals surface area contributed by atoms with Crippen LogP contribution in [0.1, 0.15) is 19.5 Å². The fourth-order valence-corrected chi connectivity index (χ4v) is 2.29. The Kier molecular flexibility index (Phi) is 4.55. The summed E-state index contributed by atoms with van der Waals surface area (Å²) in [5.41, 5.74) is 0.273. The van der Waals surface area contributed by atoms with E-state index in [-0.39, 0.29) is 23.3 Å². The standard InChI is InChI=1S/C10H13F3N2O2S/c1-6(2)15(5-10(11,12)13)9-14-7(4-18-9)3-8(16)17/h4,6H,3,5H2,1-2H3,(H,16,17). The molecule has 0 unspecified atom stereocenters. The SMILES string of the molecule is CC(C)N(CC(F)(F)F)c1nc(CC(=O)O)cs1. The van der Waals surface area contributed by atoms with Crippen molar-refractivity contribution in [3.05, 3.63) is 11.1 Å². The number of thiazole rings is 1. The highest BCUT2D eigenvalue weighted by Crippen LogP contribution is 2.27. The van der Waals surface area contributed by atoms with Crippen molar-refractivity contribution in [1.82, 2.24) is 4.98 Å². The Morgan fingerprint density at radius 1 is 1.56 bits per heavy atom. The minimum atomic E-state index is -4.32. The molecule has 0 spiro atoms. The molecule has 0 fully saturated rings. The minimum absolute atomic E-state index is 0.193. The molecule has 1 aromatic heterocycles. The lowest BCUT2D eigenvalue weighted by Crippen LogP contribution is -2.39. The summed E-state index contributed by atoms with van der Waals surface area (Å²) in [7, 11) is 0. The van der Waals surface area contributed by atoms with E-state index >= 15 is 0 Å². The van der Waals surface area contributed by atoms with Crippen molar-refractivity contribution in [3.8, 4) is 0 Å². The van der Waals surface area contributed by atoms with E-state index in [9.17, 15) is 18.0 Å². The largest absolute Gasteiger partial charge is 0.481 e. The summed E-state index contributed by atoms with van der Waals surface area (Å²) in [6.07, 6.45) is -4.60. The molecule has 4 nitrogen and oxygen atoms in total.